The van der Waals surface area contributed by atoms with Crippen LogP contribution in [0.3, 0.4) is 0 Å². The number of amides is 1. The number of nitrogens with zero attached hydrogens (tertiary/aromatic N) is 1. The molecule has 10 heavy (non-hydrogen) atoms. The number of hydrazone groups is 1. The van der Waals surface area contributed by atoms with Crippen LogP contribution in [0, 0.1) is 5.92 Å². The van der Waals surface area contributed by atoms with Crippen molar-refractivity contribution >= 4 is 11.6 Å². The summed E-state index contributed by atoms with van der Waals surface area (Å²) in [7, 11) is 0. The van der Waals surface area contributed by atoms with Crippen molar-refractivity contribution in [1.29, 1.82) is 0 Å². The van der Waals surface area contributed by atoms with E-state index in [0.29, 0.717) is 0 Å². The van der Waals surface area contributed by atoms with E-state index in [-0.39, 0.29) is 11.8 Å². The highest BCUT2D eigenvalue weighted by atomic mass is 16.2. The van der Waals surface area contributed by atoms with Gasteiger partial charge in [-0.3, -0.25) is 4.79 Å². The summed E-state index contributed by atoms with van der Waals surface area (Å²) in [4.78, 5) is 10.9. The van der Waals surface area contributed by atoms with Crippen molar-refractivity contribution in [1.82, 2.24) is 5.43 Å². The van der Waals surface area contributed by atoms with Crippen LogP contribution in [0.1, 0.15) is 0 Å². The van der Waals surface area contributed by atoms with Gasteiger partial charge >= 0.3 is 0 Å². The van der Waals surface area contributed by atoms with E-state index in [1.54, 1.807) is 0 Å². The maximum absolute atomic E-state index is 10.9. The minimum absolute atomic E-state index is 0.0319. The molecule has 3 nitrogen and oxygen atoms in total. The van der Waals surface area contributed by atoms with Crippen molar-refractivity contribution < 1.29 is 4.79 Å². The second-order valence-corrected chi connectivity index (χ2v) is 2.23. The van der Waals surface area contributed by atoms with E-state index in [2.05, 4.69) is 10.5 Å². The quantitative estimate of drug-likeness (QED) is 0.505. The van der Waals surface area contributed by atoms with Gasteiger partial charge in [-0.25, -0.2) is 5.43 Å². The highest BCUT2D eigenvalue weighted by molar-refractivity contribution is 6.15. The number of carbonyl (C=O) groups excluding carboxylic acids is 1. The van der Waals surface area contributed by atoms with Gasteiger partial charge in [0.2, 0.25) is 0 Å². The number of hydrogen-bond donors (Lipinski definition) is 1. The summed E-state index contributed by atoms with van der Waals surface area (Å²) in [6.45, 7) is 0. The van der Waals surface area contributed by atoms with Crippen LogP contribution in [0.2, 0.25) is 0 Å². The van der Waals surface area contributed by atoms with E-state index in [4.69, 9.17) is 0 Å². The molecule has 0 radical (unpaired) electrons. The first-order valence-electron chi connectivity index (χ1n) is 3.10. The Morgan fingerprint density at radius 3 is 3.20 bits per heavy atom. The van der Waals surface area contributed by atoms with Crippen LogP contribution in [-0.4, -0.2) is 11.6 Å². The van der Waals surface area contributed by atoms with E-state index < -0.39 is 0 Å². The summed E-state index contributed by atoms with van der Waals surface area (Å²) < 4.78 is 0. The van der Waals surface area contributed by atoms with Crippen molar-refractivity contribution in [3.05, 3.63) is 24.3 Å². The van der Waals surface area contributed by atoms with Crippen molar-refractivity contribution in [3.63, 3.8) is 0 Å². The first kappa shape index (κ1) is 5.41. The molecule has 0 aromatic carbocycles. The third kappa shape index (κ3) is 0.603. The maximum Gasteiger partial charge on any atom is 0.253 e. The molecule has 0 bridgehead atoms. The van der Waals surface area contributed by atoms with Crippen LogP contribution in [0.15, 0.2) is 29.4 Å². The van der Waals surface area contributed by atoms with Gasteiger partial charge in [0.1, 0.15) is 5.92 Å². The third-order valence-electron chi connectivity index (χ3n) is 1.58. The summed E-state index contributed by atoms with van der Waals surface area (Å²) in [6.07, 6.45) is 7.40. The smallest absolute Gasteiger partial charge is 0.253 e. The molecule has 50 valence electrons. The zero-order chi connectivity index (χ0) is 6.97. The van der Waals surface area contributed by atoms with Crippen molar-refractivity contribution in [2.45, 2.75) is 0 Å². The normalized spacial score (nSPS) is 27.8. The Kier molecular flexibility index (Phi) is 0.974. The van der Waals surface area contributed by atoms with Gasteiger partial charge in [0.25, 0.3) is 5.91 Å². The van der Waals surface area contributed by atoms with Gasteiger partial charge in [0.05, 0.1) is 5.71 Å². The number of carbonyl (C=O) groups is 1. The van der Waals surface area contributed by atoms with Gasteiger partial charge in [0.15, 0.2) is 0 Å². The SMILES string of the molecule is O=C1NN=C2C=CC=CC12. The summed E-state index contributed by atoms with van der Waals surface area (Å²) in [5.41, 5.74) is 3.22. The van der Waals surface area contributed by atoms with Gasteiger partial charge in [-0.2, -0.15) is 5.10 Å². The summed E-state index contributed by atoms with van der Waals surface area (Å²) >= 11 is 0. The van der Waals surface area contributed by atoms with Crippen LogP contribution in [0.25, 0.3) is 0 Å². The zero-order valence-electron chi connectivity index (χ0n) is 5.24. The molecule has 2 rings (SSSR count). The molecule has 1 aliphatic carbocycles. The predicted octanol–water partition coefficient (Wildman–Crippen LogP) is 0.214. The van der Waals surface area contributed by atoms with Crippen LogP contribution >= 0.6 is 0 Å². The average molecular weight is 134 g/mol. The van der Waals surface area contributed by atoms with Crippen LogP contribution in [0.4, 0.5) is 0 Å². The molecule has 0 spiro atoms. The fourth-order valence-electron chi connectivity index (χ4n) is 1.05. The zero-order valence-corrected chi connectivity index (χ0v) is 5.24. The van der Waals surface area contributed by atoms with Crippen LogP contribution in [0.5, 0.6) is 0 Å². The standard InChI is InChI=1S/C7H6N2O/c10-7-5-3-1-2-4-6(5)8-9-7/h1-5H,(H,9,10). The first-order valence-corrected chi connectivity index (χ1v) is 3.10. The molecule has 1 N–H and O–H groups in total. The molecule has 0 aromatic rings. The van der Waals surface area contributed by atoms with E-state index in [1.807, 2.05) is 24.3 Å². The lowest BCUT2D eigenvalue weighted by Gasteiger charge is -2.02. The molecule has 3 heteroatoms. The van der Waals surface area contributed by atoms with Gasteiger partial charge < -0.3 is 0 Å². The van der Waals surface area contributed by atoms with E-state index >= 15 is 0 Å². The molecule has 1 atom stereocenters. The third-order valence-corrected chi connectivity index (χ3v) is 1.58. The van der Waals surface area contributed by atoms with Crippen molar-refractivity contribution in [2.75, 3.05) is 0 Å². The summed E-state index contributed by atoms with van der Waals surface area (Å²) in [5, 5.41) is 3.82. The van der Waals surface area contributed by atoms with E-state index in [9.17, 15) is 4.79 Å². The lowest BCUT2D eigenvalue weighted by Crippen LogP contribution is -2.21. The van der Waals surface area contributed by atoms with Crippen LogP contribution in [-0.2, 0) is 4.79 Å². The highest BCUT2D eigenvalue weighted by Gasteiger charge is 2.26. The Bertz CT molecular complexity index is 263. The largest absolute Gasteiger partial charge is 0.272 e. The van der Waals surface area contributed by atoms with Crippen molar-refractivity contribution in [2.24, 2.45) is 11.0 Å². The Labute approximate surface area is 58.1 Å². The maximum atomic E-state index is 10.9. The summed E-state index contributed by atoms with van der Waals surface area (Å²) in [5.74, 6) is -0.166. The second-order valence-electron chi connectivity index (χ2n) is 2.23. The minimum Gasteiger partial charge on any atom is -0.272 e. The highest BCUT2D eigenvalue weighted by Crippen LogP contribution is 2.13. The molecule has 0 fully saturated rings. The average Bonchev–Trinajstić information content (AvgIpc) is 2.34. The molecular formula is C7H6N2O. The van der Waals surface area contributed by atoms with Gasteiger partial charge in [0, 0.05) is 0 Å². The lowest BCUT2D eigenvalue weighted by molar-refractivity contribution is -0.121. The number of fused-ring (bicyclic) bond motifs is 1. The van der Waals surface area contributed by atoms with Gasteiger partial charge in [-0.05, 0) is 6.08 Å². The Morgan fingerprint density at radius 1 is 1.50 bits per heavy atom. The Balaban J connectivity index is 2.39. The fourth-order valence-corrected chi connectivity index (χ4v) is 1.05. The second kappa shape index (κ2) is 1.80. The molecule has 1 amide bonds. The topological polar surface area (TPSA) is 41.5 Å². The molecule has 1 unspecified atom stereocenters. The van der Waals surface area contributed by atoms with Crippen molar-refractivity contribution in [3.8, 4) is 0 Å². The van der Waals surface area contributed by atoms with Gasteiger partial charge in [-0.15, -0.1) is 0 Å². The lowest BCUT2D eigenvalue weighted by atomic mass is 9.99. The Hall–Kier alpha value is -1.38. The molecule has 1 aliphatic heterocycles. The van der Waals surface area contributed by atoms with Gasteiger partial charge in [-0.1, -0.05) is 18.2 Å². The molecular weight excluding hydrogens is 128 g/mol. The number of rotatable bonds is 0. The molecule has 1 heterocycles. The van der Waals surface area contributed by atoms with E-state index in [0.717, 1.165) is 5.71 Å². The number of nitrogens with one attached hydrogen (secondary N) is 1. The molecule has 0 aromatic heterocycles. The predicted molar refractivity (Wildman–Crippen MR) is 37.3 cm³/mol. The number of allylic oxidation sites excluding steroid dienone is 3. The summed E-state index contributed by atoms with van der Waals surface area (Å²) in [6, 6.07) is 0. The molecule has 0 saturated heterocycles. The molecule has 0 saturated carbocycles. The molecule has 2 aliphatic rings. The minimum atomic E-state index is -0.134. The fraction of sp³-hybridized carbons (Fsp3) is 0.143. The number of hydrogen-bond acceptors (Lipinski definition) is 2. The first-order chi connectivity index (χ1) is 4.88. The monoisotopic (exact) mass is 134 g/mol. The Morgan fingerprint density at radius 2 is 2.40 bits per heavy atom. The van der Waals surface area contributed by atoms with Crippen LogP contribution < -0.4 is 5.43 Å². The van der Waals surface area contributed by atoms with E-state index in [1.165, 1.54) is 0 Å².